The first kappa shape index (κ1) is 13.1. The average Bonchev–Trinajstić information content (AvgIpc) is 2.46. The molecule has 0 radical (unpaired) electrons. The Morgan fingerprint density at radius 2 is 2.35 bits per heavy atom. The number of hydrogen-bond acceptors (Lipinski definition) is 3. The van der Waals surface area contributed by atoms with Crippen LogP contribution >= 0.6 is 11.6 Å². The van der Waals surface area contributed by atoms with E-state index >= 15 is 0 Å². The first-order chi connectivity index (χ1) is 9.67. The van der Waals surface area contributed by atoms with Gasteiger partial charge < -0.3 is 5.32 Å². The maximum absolute atomic E-state index is 11.4. The number of benzene rings is 1. The second kappa shape index (κ2) is 5.25. The number of anilines is 1. The van der Waals surface area contributed by atoms with E-state index in [0.29, 0.717) is 6.42 Å². The van der Waals surface area contributed by atoms with Crippen molar-refractivity contribution in [3.8, 4) is 0 Å². The minimum atomic E-state index is -0.220. The lowest BCUT2D eigenvalue weighted by molar-refractivity contribution is -0.122. The summed E-state index contributed by atoms with van der Waals surface area (Å²) in [6.07, 6.45) is 2.30. The fourth-order valence-electron chi connectivity index (χ4n) is 2.75. The molecule has 1 unspecified atom stereocenters. The molecule has 2 aliphatic rings. The van der Waals surface area contributed by atoms with E-state index in [0.717, 1.165) is 35.4 Å². The molecule has 1 aromatic carbocycles. The Morgan fingerprint density at radius 1 is 1.50 bits per heavy atom. The van der Waals surface area contributed by atoms with Gasteiger partial charge in [0.2, 0.25) is 11.8 Å². The second-order valence-electron chi connectivity index (χ2n) is 5.03. The highest BCUT2D eigenvalue weighted by Gasteiger charge is 2.30. The first-order valence-corrected chi connectivity index (χ1v) is 7.06. The average molecular weight is 292 g/mol. The van der Waals surface area contributed by atoms with Crippen LogP contribution in [0.1, 0.15) is 24.0 Å². The highest BCUT2D eigenvalue weighted by molar-refractivity contribution is 6.29. The molecular weight excluding hydrogens is 278 g/mol. The van der Waals surface area contributed by atoms with Gasteiger partial charge >= 0.3 is 0 Å². The van der Waals surface area contributed by atoms with Gasteiger partial charge in [0.25, 0.3) is 0 Å². The fraction of sp³-hybridized carbons (Fsp3) is 0.357. The molecule has 104 valence electrons. The molecule has 0 saturated heterocycles. The van der Waals surface area contributed by atoms with Crippen molar-refractivity contribution in [1.82, 2.24) is 5.43 Å². The van der Waals surface area contributed by atoms with Crippen LogP contribution in [0.25, 0.3) is 0 Å². The van der Waals surface area contributed by atoms with E-state index < -0.39 is 0 Å². The summed E-state index contributed by atoms with van der Waals surface area (Å²) in [5.74, 6) is -0.0898. The number of hydrazone groups is 1. The molecule has 1 aliphatic carbocycles. The standard InChI is InChI=1S/C14H14ClN3O2/c15-7-13(20)16-10-3-4-11-8(5-10)1-2-9-6-12(19)17-18-14(9)11/h3-5,9H,1-2,6-7H2,(H,16,20)(H,17,19). The molecule has 2 amide bonds. The molecule has 0 spiro atoms. The van der Waals surface area contributed by atoms with Crippen molar-refractivity contribution < 1.29 is 9.59 Å². The number of rotatable bonds is 2. The third kappa shape index (κ3) is 2.41. The van der Waals surface area contributed by atoms with Crippen LogP contribution in [0.5, 0.6) is 0 Å². The van der Waals surface area contributed by atoms with Crippen molar-refractivity contribution in [3.05, 3.63) is 29.3 Å². The summed E-state index contributed by atoms with van der Waals surface area (Å²) in [6.45, 7) is 0. The summed E-state index contributed by atoms with van der Waals surface area (Å²) in [6, 6.07) is 5.74. The monoisotopic (exact) mass is 291 g/mol. The van der Waals surface area contributed by atoms with Crippen LogP contribution < -0.4 is 10.7 Å². The Kier molecular flexibility index (Phi) is 3.44. The van der Waals surface area contributed by atoms with E-state index in [4.69, 9.17) is 11.6 Å². The molecule has 6 heteroatoms. The van der Waals surface area contributed by atoms with Crippen molar-refractivity contribution in [2.75, 3.05) is 11.2 Å². The van der Waals surface area contributed by atoms with Gasteiger partial charge in [0.15, 0.2) is 0 Å². The lowest BCUT2D eigenvalue weighted by Crippen LogP contribution is -2.36. The lowest BCUT2D eigenvalue weighted by Gasteiger charge is -2.29. The maximum atomic E-state index is 11.4. The molecule has 1 atom stereocenters. The summed E-state index contributed by atoms with van der Waals surface area (Å²) in [7, 11) is 0. The number of halogens is 1. The Balaban J connectivity index is 1.91. The van der Waals surface area contributed by atoms with Crippen molar-refractivity contribution in [2.24, 2.45) is 11.0 Å². The van der Waals surface area contributed by atoms with Gasteiger partial charge in [0.05, 0.1) is 5.71 Å². The van der Waals surface area contributed by atoms with Gasteiger partial charge in [-0.3, -0.25) is 9.59 Å². The Labute approximate surface area is 121 Å². The molecular formula is C14H14ClN3O2. The van der Waals surface area contributed by atoms with Gasteiger partial charge in [-0.1, -0.05) is 6.07 Å². The summed E-state index contributed by atoms with van der Waals surface area (Å²) < 4.78 is 0. The lowest BCUT2D eigenvalue weighted by atomic mass is 9.79. The van der Waals surface area contributed by atoms with Crippen molar-refractivity contribution in [1.29, 1.82) is 0 Å². The van der Waals surface area contributed by atoms with E-state index in [2.05, 4.69) is 15.8 Å². The molecule has 20 heavy (non-hydrogen) atoms. The molecule has 0 fully saturated rings. The topological polar surface area (TPSA) is 70.6 Å². The van der Waals surface area contributed by atoms with Crippen LogP contribution in [0.3, 0.4) is 0 Å². The molecule has 0 saturated carbocycles. The van der Waals surface area contributed by atoms with Crippen LogP contribution in [0.4, 0.5) is 5.69 Å². The highest BCUT2D eigenvalue weighted by atomic mass is 35.5. The zero-order valence-corrected chi connectivity index (χ0v) is 11.5. The number of carbonyl (C=O) groups is 2. The van der Waals surface area contributed by atoms with Crippen LogP contribution in [-0.2, 0) is 16.0 Å². The number of alkyl halides is 1. The van der Waals surface area contributed by atoms with Crippen molar-refractivity contribution in [2.45, 2.75) is 19.3 Å². The normalized spacial score (nSPS) is 20.4. The van der Waals surface area contributed by atoms with Crippen LogP contribution in [-0.4, -0.2) is 23.4 Å². The summed E-state index contributed by atoms with van der Waals surface area (Å²) in [5, 5.41) is 6.93. The van der Waals surface area contributed by atoms with E-state index in [1.165, 1.54) is 0 Å². The number of fused-ring (bicyclic) bond motifs is 3. The molecule has 1 aromatic rings. The summed E-state index contributed by atoms with van der Waals surface area (Å²) in [5.41, 5.74) is 6.43. The smallest absolute Gasteiger partial charge is 0.240 e. The second-order valence-corrected chi connectivity index (χ2v) is 5.29. The minimum absolute atomic E-state index is 0.0202. The molecule has 1 aliphatic heterocycles. The highest BCUT2D eigenvalue weighted by Crippen LogP contribution is 2.31. The van der Waals surface area contributed by atoms with E-state index in [9.17, 15) is 9.59 Å². The van der Waals surface area contributed by atoms with Gasteiger partial charge in [-0.05, 0) is 30.5 Å². The molecule has 0 bridgehead atoms. The van der Waals surface area contributed by atoms with Gasteiger partial charge in [-0.15, -0.1) is 11.6 Å². The molecule has 0 aromatic heterocycles. The third-order valence-electron chi connectivity index (χ3n) is 3.67. The van der Waals surface area contributed by atoms with Gasteiger partial charge in [0, 0.05) is 23.6 Å². The zero-order chi connectivity index (χ0) is 14.1. The Hall–Kier alpha value is -1.88. The Bertz CT molecular complexity index is 612. The third-order valence-corrected chi connectivity index (χ3v) is 3.91. The van der Waals surface area contributed by atoms with E-state index in [-0.39, 0.29) is 23.6 Å². The maximum Gasteiger partial charge on any atom is 0.240 e. The van der Waals surface area contributed by atoms with Crippen LogP contribution in [0.15, 0.2) is 23.3 Å². The number of aryl methyl sites for hydroxylation is 1. The van der Waals surface area contributed by atoms with Crippen molar-refractivity contribution in [3.63, 3.8) is 0 Å². The van der Waals surface area contributed by atoms with Crippen LogP contribution in [0.2, 0.25) is 0 Å². The quantitative estimate of drug-likeness (QED) is 0.814. The number of nitrogens with zero attached hydrogens (tertiary/aromatic N) is 1. The summed E-state index contributed by atoms with van der Waals surface area (Å²) >= 11 is 5.48. The van der Waals surface area contributed by atoms with Crippen LogP contribution in [0, 0.1) is 5.92 Å². The Morgan fingerprint density at radius 3 is 3.15 bits per heavy atom. The van der Waals surface area contributed by atoms with Gasteiger partial charge in [-0.25, -0.2) is 5.43 Å². The number of amides is 2. The SMILES string of the molecule is O=C1CC2CCc3cc(NC(=O)CCl)ccc3C2=NN1. The molecule has 5 nitrogen and oxygen atoms in total. The van der Waals surface area contributed by atoms with E-state index in [1.807, 2.05) is 18.2 Å². The molecule has 1 heterocycles. The van der Waals surface area contributed by atoms with Crippen molar-refractivity contribution >= 4 is 34.8 Å². The largest absolute Gasteiger partial charge is 0.325 e. The fourth-order valence-corrected chi connectivity index (χ4v) is 2.82. The first-order valence-electron chi connectivity index (χ1n) is 6.53. The number of nitrogens with one attached hydrogen (secondary N) is 2. The predicted molar refractivity (Wildman–Crippen MR) is 76.9 cm³/mol. The minimum Gasteiger partial charge on any atom is -0.325 e. The number of carbonyl (C=O) groups excluding carboxylic acids is 2. The van der Waals surface area contributed by atoms with Gasteiger partial charge in [0.1, 0.15) is 5.88 Å². The molecule has 2 N–H and O–H groups in total. The molecule has 3 rings (SSSR count). The number of hydrogen-bond donors (Lipinski definition) is 2. The zero-order valence-electron chi connectivity index (χ0n) is 10.8. The van der Waals surface area contributed by atoms with E-state index in [1.54, 1.807) is 0 Å². The predicted octanol–water partition coefficient (Wildman–Crippen LogP) is 1.65. The van der Waals surface area contributed by atoms with Gasteiger partial charge in [-0.2, -0.15) is 5.10 Å². The summed E-state index contributed by atoms with van der Waals surface area (Å²) in [4.78, 5) is 22.7.